The van der Waals surface area contributed by atoms with Crippen LogP contribution in [0.5, 0.6) is 0 Å². The minimum Gasteiger partial charge on any atom is -0.399 e. The van der Waals surface area contributed by atoms with Gasteiger partial charge < -0.3 is 21.1 Å². The number of nitrogens with zero attached hydrogens (tertiary/aromatic N) is 5. The number of hydrogen-bond acceptors (Lipinski definition) is 9. The summed E-state index contributed by atoms with van der Waals surface area (Å²) in [7, 11) is 0. The number of fused-ring (bicyclic) bond motifs is 1. The van der Waals surface area contributed by atoms with Gasteiger partial charge in [-0.05, 0) is 59.7 Å². The van der Waals surface area contributed by atoms with Crippen molar-refractivity contribution in [2.75, 3.05) is 39.1 Å². The van der Waals surface area contributed by atoms with Crippen LogP contribution in [0.4, 0.5) is 34.6 Å². The maximum absolute atomic E-state index is 9.59. The normalized spacial score (nSPS) is 13.5. The maximum Gasteiger partial charge on any atom is 0.229 e. The zero-order valence-corrected chi connectivity index (χ0v) is 19.8. The molecule has 0 radical (unpaired) electrons. The third kappa shape index (κ3) is 4.89. The average molecular weight is 449 g/mol. The van der Waals surface area contributed by atoms with Crippen molar-refractivity contribution in [1.29, 1.82) is 0 Å². The molecular weight excluding hydrogens is 416 g/mol. The molecule has 1 aromatic heterocycles. The average Bonchev–Trinajstić information content (AvgIpc) is 3.05. The standard InChI is InChI=1S/C21H33ClN8O/c1-12(2)28(7-8-31)21-25-19(24-17-10-15(22)9-16(23)11-17)18-20(26-21)30(14(5)6)27-29(18)13(3)4/h9-14,27,31H,7-8,23H2,1-6H3,(H,24,25,26). The van der Waals surface area contributed by atoms with Crippen molar-refractivity contribution in [2.24, 2.45) is 0 Å². The number of halogens is 1. The third-order valence-electron chi connectivity index (χ3n) is 4.98. The molecule has 9 nitrogen and oxygen atoms in total. The number of nitrogens with one attached hydrogen (secondary N) is 2. The van der Waals surface area contributed by atoms with Crippen molar-refractivity contribution < 1.29 is 5.11 Å². The van der Waals surface area contributed by atoms with Crippen LogP contribution in [0.25, 0.3) is 0 Å². The lowest BCUT2D eigenvalue weighted by atomic mass is 10.2. The molecule has 0 amide bonds. The van der Waals surface area contributed by atoms with Crippen LogP contribution in [0.15, 0.2) is 18.2 Å². The van der Waals surface area contributed by atoms with E-state index in [1.54, 1.807) is 6.07 Å². The fourth-order valence-electron chi connectivity index (χ4n) is 3.50. The smallest absolute Gasteiger partial charge is 0.229 e. The predicted molar refractivity (Wildman–Crippen MR) is 129 cm³/mol. The monoisotopic (exact) mass is 448 g/mol. The van der Waals surface area contributed by atoms with Gasteiger partial charge in [-0.25, -0.2) is 0 Å². The highest BCUT2D eigenvalue weighted by Gasteiger charge is 2.35. The quantitative estimate of drug-likeness (QED) is 0.451. The molecule has 1 aliphatic rings. The summed E-state index contributed by atoms with van der Waals surface area (Å²) in [5, 5.41) is 17.6. The lowest BCUT2D eigenvalue weighted by Crippen LogP contribution is -2.50. The second kappa shape index (κ2) is 9.33. The van der Waals surface area contributed by atoms with Gasteiger partial charge in [0.2, 0.25) is 5.95 Å². The molecule has 3 rings (SSSR count). The van der Waals surface area contributed by atoms with Gasteiger partial charge in [-0.3, -0.25) is 10.0 Å². The second-order valence-corrected chi connectivity index (χ2v) is 8.92. The van der Waals surface area contributed by atoms with E-state index in [9.17, 15) is 5.11 Å². The molecule has 1 aliphatic heterocycles. The Hall–Kier alpha value is -2.49. The van der Waals surface area contributed by atoms with Gasteiger partial charge in [-0.1, -0.05) is 11.6 Å². The van der Waals surface area contributed by atoms with Crippen molar-refractivity contribution >= 4 is 46.2 Å². The van der Waals surface area contributed by atoms with E-state index in [1.165, 1.54) is 0 Å². The third-order valence-corrected chi connectivity index (χ3v) is 5.19. The fourth-order valence-corrected chi connectivity index (χ4v) is 3.75. The van der Waals surface area contributed by atoms with E-state index in [-0.39, 0.29) is 24.7 Å². The summed E-state index contributed by atoms with van der Waals surface area (Å²) in [4.78, 5) is 11.7. The number of nitrogens with two attached hydrogens (primary N) is 1. The molecule has 0 spiro atoms. The Bertz CT molecular complexity index is 900. The molecule has 1 aromatic carbocycles. The summed E-state index contributed by atoms with van der Waals surface area (Å²) >= 11 is 6.22. The van der Waals surface area contributed by atoms with Crippen LogP contribution in [0.2, 0.25) is 5.02 Å². The summed E-state index contributed by atoms with van der Waals surface area (Å²) in [5.41, 5.74) is 11.6. The van der Waals surface area contributed by atoms with E-state index in [0.29, 0.717) is 29.0 Å². The number of hydrogen-bond donors (Lipinski definition) is 4. The van der Waals surface area contributed by atoms with Gasteiger partial charge in [0.05, 0.1) is 6.61 Å². The number of anilines is 6. The first kappa shape index (κ1) is 23.2. The van der Waals surface area contributed by atoms with Gasteiger partial charge in [-0.15, -0.1) is 5.53 Å². The lowest BCUT2D eigenvalue weighted by molar-refractivity contribution is 0.298. The number of aliphatic hydroxyl groups is 1. The maximum atomic E-state index is 9.59. The highest BCUT2D eigenvalue weighted by atomic mass is 35.5. The van der Waals surface area contributed by atoms with Crippen molar-refractivity contribution in [1.82, 2.24) is 15.5 Å². The Kier molecular flexibility index (Phi) is 6.98. The molecule has 0 bridgehead atoms. The predicted octanol–water partition coefficient (Wildman–Crippen LogP) is 3.53. The Morgan fingerprint density at radius 1 is 1.10 bits per heavy atom. The molecular formula is C21H33ClN8O. The first-order valence-corrected chi connectivity index (χ1v) is 11.0. The molecule has 0 saturated heterocycles. The minimum atomic E-state index is 0.0104. The molecule has 10 heteroatoms. The van der Waals surface area contributed by atoms with Crippen LogP contribution in [0.1, 0.15) is 41.5 Å². The van der Waals surface area contributed by atoms with Gasteiger partial charge >= 0.3 is 0 Å². The van der Waals surface area contributed by atoms with Gasteiger partial charge in [0.15, 0.2) is 11.6 Å². The highest BCUT2D eigenvalue weighted by molar-refractivity contribution is 6.31. The Balaban J connectivity index is 2.19. The zero-order valence-electron chi connectivity index (χ0n) is 19.0. The minimum absolute atomic E-state index is 0.0104. The van der Waals surface area contributed by atoms with Crippen LogP contribution in [0.3, 0.4) is 0 Å². The van der Waals surface area contributed by atoms with E-state index in [1.807, 2.05) is 27.1 Å². The van der Waals surface area contributed by atoms with Crippen molar-refractivity contribution in [3.8, 4) is 0 Å². The molecule has 5 N–H and O–H groups in total. The number of aliphatic hydroxyl groups excluding tert-OH is 1. The summed E-state index contributed by atoms with van der Waals surface area (Å²) in [6.07, 6.45) is 0. The Morgan fingerprint density at radius 2 is 1.77 bits per heavy atom. The van der Waals surface area contributed by atoms with Crippen LogP contribution in [0, 0.1) is 0 Å². The summed E-state index contributed by atoms with van der Waals surface area (Å²) in [6.45, 7) is 12.9. The molecule has 0 fully saturated rings. The van der Waals surface area contributed by atoms with Gasteiger partial charge in [-0.2, -0.15) is 9.97 Å². The van der Waals surface area contributed by atoms with Crippen LogP contribution >= 0.6 is 11.6 Å². The van der Waals surface area contributed by atoms with Gasteiger partial charge in [0, 0.05) is 41.1 Å². The first-order chi connectivity index (χ1) is 14.6. The van der Waals surface area contributed by atoms with Crippen molar-refractivity contribution in [3.05, 3.63) is 23.2 Å². The Labute approximate surface area is 189 Å². The summed E-state index contributed by atoms with van der Waals surface area (Å²) < 4.78 is 0. The number of nitrogen functional groups attached to an aromatic ring is 1. The van der Waals surface area contributed by atoms with E-state index >= 15 is 0 Å². The van der Waals surface area contributed by atoms with E-state index < -0.39 is 0 Å². The van der Waals surface area contributed by atoms with Crippen molar-refractivity contribution in [3.63, 3.8) is 0 Å². The van der Waals surface area contributed by atoms with Crippen LogP contribution in [-0.4, -0.2) is 46.4 Å². The summed E-state index contributed by atoms with van der Waals surface area (Å²) in [6, 6.07) is 5.75. The second-order valence-electron chi connectivity index (χ2n) is 8.48. The van der Waals surface area contributed by atoms with Gasteiger partial charge in [0.1, 0.15) is 5.69 Å². The molecule has 0 atom stereocenters. The van der Waals surface area contributed by atoms with Crippen LogP contribution < -0.4 is 31.5 Å². The molecule has 2 heterocycles. The van der Waals surface area contributed by atoms with Crippen molar-refractivity contribution in [2.45, 2.75) is 59.7 Å². The molecule has 2 aromatic rings. The van der Waals surface area contributed by atoms with Crippen LogP contribution in [-0.2, 0) is 0 Å². The topological polar surface area (TPSA) is 106 Å². The molecule has 0 saturated carbocycles. The zero-order chi connectivity index (χ0) is 22.9. The molecule has 31 heavy (non-hydrogen) atoms. The highest BCUT2D eigenvalue weighted by Crippen LogP contribution is 2.42. The lowest BCUT2D eigenvalue weighted by Gasteiger charge is -2.28. The SMILES string of the molecule is CC(C)N(CCO)c1nc(Nc2cc(N)cc(Cl)c2)c2c(n1)N(C(C)C)NN2C(C)C. The fraction of sp³-hybridized carbons (Fsp3) is 0.524. The molecule has 0 aliphatic carbocycles. The number of aromatic nitrogens is 2. The number of benzene rings is 1. The van der Waals surface area contributed by atoms with E-state index in [2.05, 4.69) is 52.4 Å². The van der Waals surface area contributed by atoms with Gasteiger partial charge in [0.25, 0.3) is 0 Å². The van der Waals surface area contributed by atoms with E-state index in [4.69, 9.17) is 27.3 Å². The molecule has 0 unspecified atom stereocenters. The summed E-state index contributed by atoms with van der Waals surface area (Å²) in [5.74, 6) is 1.95. The first-order valence-electron chi connectivity index (χ1n) is 10.6. The largest absolute Gasteiger partial charge is 0.399 e. The number of rotatable bonds is 8. The molecule has 170 valence electrons. The Morgan fingerprint density at radius 3 is 2.32 bits per heavy atom. The number of hydrazine groups is 2. The van der Waals surface area contributed by atoms with E-state index in [0.717, 1.165) is 17.2 Å².